The number of hydrogen-bond donors (Lipinski definition) is 0. The van der Waals surface area contributed by atoms with E-state index in [1.54, 1.807) is 22.8 Å². The molecule has 0 N–H and O–H groups in total. The Hall–Kier alpha value is -2.30. The quantitative estimate of drug-likeness (QED) is 0.522. The fourth-order valence-electron chi connectivity index (χ4n) is 2.84. The minimum Gasteiger partial charge on any atom is -0.315 e. The highest BCUT2D eigenvalue weighted by Gasteiger charge is 2.34. The van der Waals surface area contributed by atoms with E-state index in [0.717, 1.165) is 33.6 Å². The zero-order valence-electron chi connectivity index (χ0n) is 14.0. The summed E-state index contributed by atoms with van der Waals surface area (Å²) in [5, 5.41) is -0.382. The van der Waals surface area contributed by atoms with E-state index < -0.39 is 5.91 Å². The van der Waals surface area contributed by atoms with Gasteiger partial charge >= 0.3 is 0 Å². The number of nitrogens with zero attached hydrogens (tertiary/aromatic N) is 2. The van der Waals surface area contributed by atoms with Gasteiger partial charge in [0.15, 0.2) is 0 Å². The largest absolute Gasteiger partial charge is 0.315 e. The van der Waals surface area contributed by atoms with Crippen LogP contribution in [0, 0.1) is 32.0 Å². The zero-order chi connectivity index (χ0) is 19.0. The Bertz CT molecular complexity index is 1000. The van der Waals surface area contributed by atoms with Crippen molar-refractivity contribution in [2.75, 3.05) is 6.54 Å². The molecule has 0 radical (unpaired) electrons. The highest BCUT2D eigenvalue weighted by Crippen LogP contribution is 2.33. The van der Waals surface area contributed by atoms with Gasteiger partial charge in [-0.1, -0.05) is 21.9 Å². The van der Waals surface area contributed by atoms with Gasteiger partial charge in [-0.2, -0.15) is 0 Å². The number of hydrogen-bond acceptors (Lipinski definition) is 3. The van der Waals surface area contributed by atoms with Crippen LogP contribution in [0.4, 0.5) is 9.18 Å². The normalized spacial score (nSPS) is 15.8. The molecule has 0 atom stereocenters. The minimum absolute atomic E-state index is 0.0505. The Kier molecular flexibility index (Phi) is 5.08. The first kappa shape index (κ1) is 18.5. The molecule has 1 fully saturated rings. The predicted molar refractivity (Wildman–Crippen MR) is 104 cm³/mol. The summed E-state index contributed by atoms with van der Waals surface area (Å²) in [6.45, 7) is 3.65. The molecule has 2 amide bonds. The number of carbonyl (C=O) groups excluding carboxylic acids is 2. The fourth-order valence-corrected chi connectivity index (χ4v) is 4.00. The monoisotopic (exact) mass is 432 g/mol. The Morgan fingerprint density at radius 2 is 2.04 bits per heavy atom. The van der Waals surface area contributed by atoms with Gasteiger partial charge in [0.1, 0.15) is 5.82 Å². The topological polar surface area (TPSA) is 42.3 Å². The van der Waals surface area contributed by atoms with Crippen molar-refractivity contribution in [2.45, 2.75) is 13.8 Å². The molecule has 0 aliphatic carbocycles. The number of benzene rings is 1. The third-order valence-corrected chi connectivity index (χ3v) is 5.43. The van der Waals surface area contributed by atoms with Gasteiger partial charge in [-0.15, -0.1) is 6.42 Å². The first-order valence-corrected chi connectivity index (χ1v) is 9.27. The molecule has 4 nitrogen and oxygen atoms in total. The second kappa shape index (κ2) is 7.14. The number of rotatable bonds is 3. The molecule has 0 bridgehead atoms. The van der Waals surface area contributed by atoms with Crippen LogP contribution in [0.5, 0.6) is 0 Å². The summed E-state index contributed by atoms with van der Waals surface area (Å²) in [5.74, 6) is 1.54. The van der Waals surface area contributed by atoms with Crippen LogP contribution in [0.25, 0.3) is 11.8 Å². The molecule has 1 aliphatic rings. The smallest absolute Gasteiger partial charge is 0.294 e. The van der Waals surface area contributed by atoms with Crippen molar-refractivity contribution in [3.8, 4) is 18.0 Å². The highest BCUT2D eigenvalue weighted by atomic mass is 79.9. The van der Waals surface area contributed by atoms with E-state index in [-0.39, 0.29) is 17.6 Å². The van der Waals surface area contributed by atoms with Crippen LogP contribution in [0.1, 0.15) is 17.0 Å². The van der Waals surface area contributed by atoms with E-state index in [1.165, 1.54) is 6.07 Å². The van der Waals surface area contributed by atoms with Gasteiger partial charge in [0.25, 0.3) is 11.1 Å². The lowest BCUT2D eigenvalue weighted by Crippen LogP contribution is -2.28. The van der Waals surface area contributed by atoms with Gasteiger partial charge in [0.05, 0.1) is 17.1 Å². The van der Waals surface area contributed by atoms with Crippen LogP contribution in [0.3, 0.4) is 0 Å². The van der Waals surface area contributed by atoms with E-state index in [2.05, 4.69) is 21.9 Å². The molecule has 0 spiro atoms. The third-order valence-electron chi connectivity index (χ3n) is 4.03. The number of aromatic nitrogens is 1. The summed E-state index contributed by atoms with van der Waals surface area (Å²) in [6, 6.07) is 6.71. The lowest BCUT2D eigenvalue weighted by molar-refractivity contribution is -0.122. The van der Waals surface area contributed by atoms with Gasteiger partial charge in [-0.3, -0.25) is 14.5 Å². The van der Waals surface area contributed by atoms with Gasteiger partial charge in [-0.05, 0) is 61.5 Å². The molecule has 1 saturated heterocycles. The molecule has 1 aromatic carbocycles. The molecule has 3 rings (SSSR count). The van der Waals surface area contributed by atoms with Crippen molar-refractivity contribution >= 4 is 44.9 Å². The second-order valence-corrected chi connectivity index (χ2v) is 7.64. The molecule has 7 heteroatoms. The van der Waals surface area contributed by atoms with Crippen LogP contribution >= 0.6 is 27.7 Å². The number of amides is 2. The number of thioether (sulfide) groups is 1. The van der Waals surface area contributed by atoms with Gasteiger partial charge in [0.2, 0.25) is 0 Å². The van der Waals surface area contributed by atoms with E-state index >= 15 is 0 Å². The van der Waals surface area contributed by atoms with Crippen LogP contribution < -0.4 is 0 Å². The van der Waals surface area contributed by atoms with E-state index in [1.807, 2.05) is 19.9 Å². The van der Waals surface area contributed by atoms with Gasteiger partial charge in [0, 0.05) is 15.9 Å². The maximum Gasteiger partial charge on any atom is 0.294 e. The van der Waals surface area contributed by atoms with Crippen LogP contribution in [0.15, 0.2) is 33.6 Å². The number of carbonyl (C=O) groups is 2. The van der Waals surface area contributed by atoms with Gasteiger partial charge in [-0.25, -0.2) is 4.39 Å². The molecule has 26 heavy (non-hydrogen) atoms. The summed E-state index contributed by atoms with van der Waals surface area (Å²) < 4.78 is 16.8. The summed E-state index contributed by atoms with van der Waals surface area (Å²) in [7, 11) is 0. The molecular weight excluding hydrogens is 419 g/mol. The summed E-state index contributed by atoms with van der Waals surface area (Å²) in [5.41, 5.74) is 2.75. The number of terminal acetylenes is 1. The van der Waals surface area contributed by atoms with E-state index in [0.29, 0.717) is 15.1 Å². The predicted octanol–water partition coefficient (Wildman–Crippen LogP) is 4.67. The Balaban J connectivity index is 2.03. The van der Waals surface area contributed by atoms with E-state index in [9.17, 15) is 14.0 Å². The third kappa shape index (κ3) is 3.22. The first-order chi connectivity index (χ1) is 12.3. The lowest BCUT2D eigenvalue weighted by Gasteiger charge is -2.11. The standard InChI is InChI=1S/C19H14BrFN2O2S/c1-4-7-22-18(24)17(26-19(22)25)9-13-8-11(2)23(12(13)3)16-6-5-14(20)10-15(16)21/h1,5-6,8-10H,7H2,2-3H3. The van der Waals surface area contributed by atoms with Crippen molar-refractivity contribution in [3.63, 3.8) is 0 Å². The molecule has 2 aromatic rings. The van der Waals surface area contributed by atoms with Crippen molar-refractivity contribution in [2.24, 2.45) is 0 Å². The molecule has 132 valence electrons. The second-order valence-electron chi connectivity index (χ2n) is 5.73. The van der Waals surface area contributed by atoms with Crippen LogP contribution in [0.2, 0.25) is 0 Å². The van der Waals surface area contributed by atoms with E-state index in [4.69, 9.17) is 6.42 Å². The summed E-state index contributed by atoms with van der Waals surface area (Å²) >= 11 is 4.11. The molecule has 1 aromatic heterocycles. The summed E-state index contributed by atoms with van der Waals surface area (Å²) in [6.07, 6.45) is 6.85. The first-order valence-electron chi connectivity index (χ1n) is 7.66. The van der Waals surface area contributed by atoms with Crippen molar-refractivity contribution in [1.82, 2.24) is 9.47 Å². The molecule has 0 saturated carbocycles. The molecule has 0 unspecified atom stereocenters. The summed E-state index contributed by atoms with van der Waals surface area (Å²) in [4.78, 5) is 25.6. The van der Waals surface area contributed by atoms with Crippen molar-refractivity contribution < 1.29 is 14.0 Å². The maximum atomic E-state index is 14.4. The zero-order valence-corrected chi connectivity index (χ0v) is 16.4. The highest BCUT2D eigenvalue weighted by molar-refractivity contribution is 9.10. The fraction of sp³-hybridized carbons (Fsp3) is 0.158. The average molecular weight is 433 g/mol. The number of halogens is 2. The minimum atomic E-state index is -0.405. The molecule has 1 aliphatic heterocycles. The van der Waals surface area contributed by atoms with Crippen molar-refractivity contribution in [1.29, 1.82) is 0 Å². The average Bonchev–Trinajstić information content (AvgIpc) is 2.99. The molecule has 2 heterocycles. The van der Waals surface area contributed by atoms with Gasteiger partial charge < -0.3 is 4.57 Å². The lowest BCUT2D eigenvalue weighted by atomic mass is 10.2. The number of aryl methyl sites for hydroxylation is 1. The Morgan fingerprint density at radius 3 is 2.69 bits per heavy atom. The van der Waals surface area contributed by atoms with Crippen LogP contribution in [-0.2, 0) is 4.79 Å². The Labute approximate surface area is 163 Å². The van der Waals surface area contributed by atoms with Crippen molar-refractivity contribution in [3.05, 3.63) is 56.4 Å². The number of imide groups is 1. The Morgan fingerprint density at radius 1 is 1.31 bits per heavy atom. The van der Waals surface area contributed by atoms with Crippen LogP contribution in [-0.4, -0.2) is 27.2 Å². The molecular formula is C19H14BrFN2O2S. The SMILES string of the molecule is C#CCN1C(=O)SC(=Cc2cc(C)n(-c3ccc(Br)cc3F)c2C)C1=O. The maximum absolute atomic E-state index is 14.4.